The minimum absolute atomic E-state index is 0.111. The number of hydrogen-bond donors (Lipinski definition) is 0. The molecular weight excluding hydrogens is 289 g/mol. The van der Waals surface area contributed by atoms with E-state index in [9.17, 15) is 4.79 Å². The van der Waals surface area contributed by atoms with Crippen LogP contribution in [-0.2, 0) is 11.3 Å². The van der Waals surface area contributed by atoms with Crippen molar-refractivity contribution in [2.45, 2.75) is 20.5 Å². The summed E-state index contributed by atoms with van der Waals surface area (Å²) in [5.41, 5.74) is 1.83. The Hall–Kier alpha value is -1.52. The summed E-state index contributed by atoms with van der Waals surface area (Å²) in [5.74, 6) is 0.165. The predicted octanol–water partition coefficient (Wildman–Crippen LogP) is 3.96. The second-order valence-electron chi connectivity index (χ2n) is 4.01. The highest BCUT2D eigenvalue weighted by Gasteiger charge is 2.14. The van der Waals surface area contributed by atoms with Crippen molar-refractivity contribution in [3.05, 3.63) is 50.8 Å². The van der Waals surface area contributed by atoms with Gasteiger partial charge in [0.15, 0.2) is 0 Å². The molecule has 100 valence electrons. The topological polar surface area (TPSA) is 52.3 Å². The summed E-state index contributed by atoms with van der Waals surface area (Å²) in [4.78, 5) is 11.9. The molecule has 0 unspecified atom stereocenters. The van der Waals surface area contributed by atoms with Gasteiger partial charge < -0.3 is 9.26 Å². The molecule has 0 saturated carbocycles. The third kappa shape index (κ3) is 3.08. The lowest BCUT2D eigenvalue weighted by Crippen LogP contribution is -2.06. The van der Waals surface area contributed by atoms with Crippen LogP contribution in [0, 0.1) is 13.8 Å². The molecule has 0 aliphatic heterocycles. The molecule has 1 aromatic heterocycles. The molecule has 6 heteroatoms. The number of hydrogen-bond acceptors (Lipinski definition) is 4. The maximum atomic E-state index is 11.9. The van der Waals surface area contributed by atoms with E-state index in [4.69, 9.17) is 32.5 Å². The zero-order chi connectivity index (χ0) is 14.0. The van der Waals surface area contributed by atoms with E-state index < -0.39 is 5.97 Å². The van der Waals surface area contributed by atoms with Crippen molar-refractivity contribution in [1.29, 1.82) is 0 Å². The predicted molar refractivity (Wildman–Crippen MR) is 71.6 cm³/mol. The Morgan fingerprint density at radius 1 is 1.32 bits per heavy atom. The van der Waals surface area contributed by atoms with Gasteiger partial charge in [-0.1, -0.05) is 28.4 Å². The summed E-state index contributed by atoms with van der Waals surface area (Å²) in [5, 5.41) is 4.49. The van der Waals surface area contributed by atoms with Crippen LogP contribution in [0.4, 0.5) is 0 Å². The first kappa shape index (κ1) is 13.9. The zero-order valence-electron chi connectivity index (χ0n) is 10.4. The number of benzene rings is 1. The van der Waals surface area contributed by atoms with Crippen molar-refractivity contribution in [3.63, 3.8) is 0 Å². The molecule has 0 fully saturated rings. The summed E-state index contributed by atoms with van der Waals surface area (Å²) < 4.78 is 10.2. The van der Waals surface area contributed by atoms with Crippen LogP contribution in [0.15, 0.2) is 22.7 Å². The minimum Gasteiger partial charge on any atom is -0.457 e. The van der Waals surface area contributed by atoms with Crippen molar-refractivity contribution in [2.24, 2.45) is 0 Å². The maximum Gasteiger partial charge on any atom is 0.338 e. The highest BCUT2D eigenvalue weighted by atomic mass is 35.5. The molecule has 1 heterocycles. The van der Waals surface area contributed by atoms with Gasteiger partial charge in [-0.2, -0.15) is 0 Å². The SMILES string of the molecule is Cc1noc(C)c1COC(=O)c1ccc(Cl)c(Cl)c1. The molecule has 0 saturated heterocycles. The molecule has 2 aromatic rings. The molecule has 0 aliphatic carbocycles. The van der Waals surface area contributed by atoms with Crippen LogP contribution in [0.1, 0.15) is 27.4 Å². The number of halogens is 2. The van der Waals surface area contributed by atoms with Crippen LogP contribution < -0.4 is 0 Å². The van der Waals surface area contributed by atoms with Gasteiger partial charge in [0.05, 0.1) is 26.9 Å². The molecule has 2 rings (SSSR count). The van der Waals surface area contributed by atoms with Crippen molar-refractivity contribution >= 4 is 29.2 Å². The number of esters is 1. The fraction of sp³-hybridized carbons (Fsp3) is 0.231. The highest BCUT2D eigenvalue weighted by Crippen LogP contribution is 2.23. The first-order chi connectivity index (χ1) is 8.99. The van der Waals surface area contributed by atoms with Gasteiger partial charge in [0.2, 0.25) is 0 Å². The normalized spacial score (nSPS) is 10.5. The van der Waals surface area contributed by atoms with Gasteiger partial charge in [-0.15, -0.1) is 0 Å². The molecule has 0 atom stereocenters. The third-order valence-electron chi connectivity index (χ3n) is 2.68. The van der Waals surface area contributed by atoms with Crippen molar-refractivity contribution < 1.29 is 14.1 Å². The molecule has 4 nitrogen and oxygen atoms in total. The van der Waals surface area contributed by atoms with E-state index in [1.807, 2.05) is 0 Å². The van der Waals surface area contributed by atoms with Crippen LogP contribution in [-0.4, -0.2) is 11.1 Å². The van der Waals surface area contributed by atoms with Gasteiger partial charge in [-0.25, -0.2) is 4.79 Å². The molecule has 0 N–H and O–H groups in total. The average Bonchev–Trinajstić information content (AvgIpc) is 2.69. The lowest BCUT2D eigenvalue weighted by Gasteiger charge is -2.05. The summed E-state index contributed by atoms with van der Waals surface area (Å²) >= 11 is 11.6. The van der Waals surface area contributed by atoms with E-state index >= 15 is 0 Å². The number of carbonyl (C=O) groups excluding carboxylic acids is 1. The first-order valence-electron chi connectivity index (χ1n) is 5.53. The van der Waals surface area contributed by atoms with Gasteiger partial charge >= 0.3 is 5.97 Å². The standard InChI is InChI=1S/C13H11Cl2NO3/c1-7-10(8(2)19-16-7)6-18-13(17)9-3-4-11(14)12(15)5-9/h3-5H,6H2,1-2H3. The second-order valence-corrected chi connectivity index (χ2v) is 4.82. The van der Waals surface area contributed by atoms with E-state index in [0.29, 0.717) is 27.1 Å². The summed E-state index contributed by atoms with van der Waals surface area (Å²) in [6.45, 7) is 3.67. The van der Waals surface area contributed by atoms with Crippen molar-refractivity contribution in [2.75, 3.05) is 0 Å². The van der Waals surface area contributed by atoms with Crippen LogP contribution in [0.3, 0.4) is 0 Å². The largest absolute Gasteiger partial charge is 0.457 e. The third-order valence-corrected chi connectivity index (χ3v) is 3.42. The van der Waals surface area contributed by atoms with Crippen LogP contribution >= 0.6 is 23.2 Å². The Labute approximate surface area is 120 Å². The first-order valence-corrected chi connectivity index (χ1v) is 6.28. The Morgan fingerprint density at radius 2 is 2.05 bits per heavy atom. The smallest absolute Gasteiger partial charge is 0.338 e. The molecule has 1 aromatic carbocycles. The molecule has 0 radical (unpaired) electrons. The average molecular weight is 300 g/mol. The van der Waals surface area contributed by atoms with Crippen LogP contribution in [0.25, 0.3) is 0 Å². The molecule has 0 bridgehead atoms. The van der Waals surface area contributed by atoms with Crippen LogP contribution in [0.2, 0.25) is 10.0 Å². The number of carbonyl (C=O) groups is 1. The fourth-order valence-corrected chi connectivity index (χ4v) is 1.85. The molecule has 19 heavy (non-hydrogen) atoms. The number of rotatable bonds is 3. The lowest BCUT2D eigenvalue weighted by molar-refractivity contribution is 0.0471. The van der Waals surface area contributed by atoms with Gasteiger partial charge in [-0.05, 0) is 32.0 Å². The summed E-state index contributed by atoms with van der Waals surface area (Å²) in [6, 6.07) is 4.58. The molecule has 0 amide bonds. The number of aryl methyl sites for hydroxylation is 2. The van der Waals surface area contributed by atoms with Gasteiger partial charge in [0.1, 0.15) is 12.4 Å². The van der Waals surface area contributed by atoms with Gasteiger partial charge in [0.25, 0.3) is 0 Å². The van der Waals surface area contributed by atoms with E-state index in [0.717, 1.165) is 5.56 Å². The Kier molecular flexibility index (Phi) is 4.12. The quantitative estimate of drug-likeness (QED) is 0.805. The second kappa shape index (κ2) is 5.63. The summed E-state index contributed by atoms with van der Waals surface area (Å²) in [6.07, 6.45) is 0. The molecule has 0 spiro atoms. The zero-order valence-corrected chi connectivity index (χ0v) is 11.9. The molecular formula is C13H11Cl2NO3. The maximum absolute atomic E-state index is 11.9. The highest BCUT2D eigenvalue weighted by molar-refractivity contribution is 6.42. The molecule has 0 aliphatic rings. The fourth-order valence-electron chi connectivity index (χ4n) is 1.55. The van der Waals surface area contributed by atoms with Gasteiger partial charge in [0, 0.05) is 0 Å². The number of aromatic nitrogens is 1. The minimum atomic E-state index is -0.474. The Bertz CT molecular complexity index is 603. The number of nitrogens with zero attached hydrogens (tertiary/aromatic N) is 1. The van der Waals surface area contributed by atoms with E-state index in [2.05, 4.69) is 5.16 Å². The monoisotopic (exact) mass is 299 g/mol. The van der Waals surface area contributed by atoms with Crippen molar-refractivity contribution in [1.82, 2.24) is 5.16 Å². The van der Waals surface area contributed by atoms with Crippen LogP contribution in [0.5, 0.6) is 0 Å². The van der Waals surface area contributed by atoms with Crippen molar-refractivity contribution in [3.8, 4) is 0 Å². The van der Waals surface area contributed by atoms with E-state index in [1.54, 1.807) is 26.0 Å². The lowest BCUT2D eigenvalue weighted by atomic mass is 10.2. The summed E-state index contributed by atoms with van der Waals surface area (Å²) in [7, 11) is 0. The Balaban J connectivity index is 2.07. The Morgan fingerprint density at radius 3 is 2.63 bits per heavy atom. The number of ether oxygens (including phenoxy) is 1. The van der Waals surface area contributed by atoms with E-state index in [-0.39, 0.29) is 6.61 Å². The van der Waals surface area contributed by atoms with E-state index in [1.165, 1.54) is 6.07 Å². The van der Waals surface area contributed by atoms with Gasteiger partial charge in [-0.3, -0.25) is 0 Å².